The minimum atomic E-state index is -5.01. The van der Waals surface area contributed by atoms with Crippen LogP contribution in [0.3, 0.4) is 0 Å². The summed E-state index contributed by atoms with van der Waals surface area (Å²) in [5.74, 6) is -2.57. The van der Waals surface area contributed by atoms with Gasteiger partial charge in [0, 0.05) is 31.6 Å². The van der Waals surface area contributed by atoms with Gasteiger partial charge >= 0.3 is 12.1 Å². The zero-order valence-corrected chi connectivity index (χ0v) is 26.8. The van der Waals surface area contributed by atoms with Gasteiger partial charge in [-0.2, -0.15) is 13.2 Å². The molecule has 0 saturated carbocycles. The highest BCUT2D eigenvalue weighted by atomic mass is 19.4. The summed E-state index contributed by atoms with van der Waals surface area (Å²) in [6, 6.07) is 22.3. The van der Waals surface area contributed by atoms with Gasteiger partial charge in [-0.05, 0) is 78.7 Å². The lowest BCUT2D eigenvalue weighted by Crippen LogP contribution is -2.50. The number of carbonyl (C=O) groups is 2. The minimum Gasteiger partial charge on any atom is -0.392 e. The highest BCUT2D eigenvalue weighted by Crippen LogP contribution is 2.39. The summed E-state index contributed by atoms with van der Waals surface area (Å²) in [7, 11) is 0. The van der Waals surface area contributed by atoms with Crippen LogP contribution in [0.2, 0.25) is 0 Å². The van der Waals surface area contributed by atoms with Crippen LogP contribution in [0.15, 0.2) is 72.8 Å². The predicted molar refractivity (Wildman–Crippen MR) is 173 cm³/mol. The maximum absolute atomic E-state index is 13.0. The number of amides is 2. The topological polar surface area (TPSA) is 91.3 Å². The summed E-state index contributed by atoms with van der Waals surface area (Å²) in [5.41, 5.74) is 5.36. The van der Waals surface area contributed by atoms with E-state index in [1.165, 1.54) is 19.3 Å². The van der Waals surface area contributed by atoms with Gasteiger partial charge in [-0.1, -0.05) is 67.1 Å². The Morgan fingerprint density at radius 2 is 1.56 bits per heavy atom. The third-order valence-corrected chi connectivity index (χ3v) is 9.47. The molecule has 3 aromatic carbocycles. The van der Waals surface area contributed by atoms with Gasteiger partial charge in [-0.15, -0.1) is 0 Å². The summed E-state index contributed by atoms with van der Waals surface area (Å²) in [6.07, 6.45) is -0.896. The Bertz CT molecular complexity index is 1560. The third-order valence-electron chi connectivity index (χ3n) is 9.47. The molecule has 2 N–H and O–H groups in total. The molecule has 0 bridgehead atoms. The van der Waals surface area contributed by atoms with Gasteiger partial charge < -0.3 is 29.7 Å². The first-order valence-corrected chi connectivity index (χ1v) is 16.8. The van der Waals surface area contributed by atoms with Crippen LogP contribution in [0.25, 0.3) is 11.1 Å². The van der Waals surface area contributed by atoms with Crippen LogP contribution in [0, 0.1) is 0 Å². The van der Waals surface area contributed by atoms with Crippen LogP contribution in [-0.4, -0.2) is 71.2 Å². The van der Waals surface area contributed by atoms with Crippen molar-refractivity contribution in [2.45, 2.75) is 82.4 Å². The summed E-state index contributed by atoms with van der Waals surface area (Å²) in [5, 5.41) is 12.2. The van der Waals surface area contributed by atoms with Crippen molar-refractivity contribution in [1.29, 1.82) is 0 Å². The molecule has 3 aliphatic heterocycles. The molecule has 3 aliphatic rings. The molecule has 48 heavy (non-hydrogen) atoms. The smallest absolute Gasteiger partial charge is 0.392 e. The van der Waals surface area contributed by atoms with Crippen molar-refractivity contribution in [3.8, 4) is 11.1 Å². The number of carbonyl (C=O) groups excluding carboxylic acids is 2. The molecule has 3 saturated heterocycles. The van der Waals surface area contributed by atoms with Crippen molar-refractivity contribution < 1.29 is 37.3 Å². The molecule has 4 atom stereocenters. The van der Waals surface area contributed by atoms with Crippen molar-refractivity contribution in [3.05, 3.63) is 95.1 Å². The Balaban J connectivity index is 1.16. The largest absolute Gasteiger partial charge is 0.471 e. The van der Waals surface area contributed by atoms with Crippen molar-refractivity contribution in [2.75, 3.05) is 26.2 Å². The number of piperidine rings is 1. The maximum Gasteiger partial charge on any atom is 0.471 e. The van der Waals surface area contributed by atoms with E-state index in [1.807, 2.05) is 72.8 Å². The number of alkyl halides is 3. The quantitative estimate of drug-likeness (QED) is 0.290. The van der Waals surface area contributed by atoms with Crippen molar-refractivity contribution in [1.82, 2.24) is 15.1 Å². The van der Waals surface area contributed by atoms with Crippen LogP contribution in [0.4, 0.5) is 13.2 Å². The van der Waals surface area contributed by atoms with Crippen LogP contribution < -0.4 is 5.32 Å². The fraction of sp³-hybridized carbons (Fsp3) is 0.459. The van der Waals surface area contributed by atoms with E-state index < -0.39 is 30.3 Å². The van der Waals surface area contributed by atoms with Gasteiger partial charge in [0.05, 0.1) is 18.8 Å². The number of aliphatic hydroxyl groups is 1. The summed E-state index contributed by atoms with van der Waals surface area (Å²) >= 11 is 0. The molecule has 2 amide bonds. The number of ether oxygens (including phenoxy) is 2. The molecule has 11 heteroatoms. The molecule has 3 fully saturated rings. The standard InChI is InChI=1S/C37H42F3N3O5/c38-37(39,40)36(46)43-18-6-11-32(43)34(45)41-22-26-7-4-8-28(19-26)29-9-5-10-30(20-29)35-47-31(23-42-16-2-1-3-17-42)21-33(48-35)27-14-12-25(24-44)13-15-27/h4-5,7-10,12-15,19-20,31-33,35,44H,1-3,6,11,16-18,21-24H2,(H,41,45). The lowest BCUT2D eigenvalue weighted by Gasteiger charge is -2.39. The van der Waals surface area contributed by atoms with Gasteiger partial charge in [0.25, 0.3) is 0 Å². The zero-order chi connectivity index (χ0) is 33.7. The normalized spacial score (nSPS) is 23.6. The van der Waals surface area contributed by atoms with Crippen molar-refractivity contribution in [2.24, 2.45) is 0 Å². The number of nitrogens with zero attached hydrogens (tertiary/aromatic N) is 2. The molecule has 0 aliphatic carbocycles. The highest BCUT2D eigenvalue weighted by molar-refractivity contribution is 5.90. The summed E-state index contributed by atoms with van der Waals surface area (Å²) < 4.78 is 52.3. The van der Waals surface area contributed by atoms with Crippen LogP contribution in [-0.2, 0) is 32.2 Å². The molecule has 0 radical (unpaired) electrons. The van der Waals surface area contributed by atoms with E-state index in [0.717, 1.165) is 59.4 Å². The number of aliphatic hydroxyl groups excluding tert-OH is 1. The third kappa shape index (κ3) is 8.26. The Hall–Kier alpha value is -3.77. The Morgan fingerprint density at radius 3 is 2.29 bits per heavy atom. The van der Waals surface area contributed by atoms with E-state index in [4.69, 9.17) is 9.47 Å². The molecule has 0 spiro atoms. The molecule has 4 unspecified atom stereocenters. The number of nitrogens with one attached hydrogen (secondary N) is 1. The number of hydrogen-bond donors (Lipinski definition) is 2. The minimum absolute atomic E-state index is 0.0163. The van der Waals surface area contributed by atoms with Gasteiger partial charge in [-0.3, -0.25) is 9.59 Å². The molecule has 3 aromatic rings. The van der Waals surface area contributed by atoms with E-state index in [-0.39, 0.29) is 38.3 Å². The monoisotopic (exact) mass is 665 g/mol. The van der Waals surface area contributed by atoms with Crippen molar-refractivity contribution >= 4 is 11.8 Å². The lowest BCUT2D eigenvalue weighted by atomic mass is 9.98. The van der Waals surface area contributed by atoms with Crippen LogP contribution in [0.5, 0.6) is 0 Å². The molecular formula is C37H42F3N3O5. The first-order valence-electron chi connectivity index (χ1n) is 16.8. The second-order valence-electron chi connectivity index (χ2n) is 12.9. The Morgan fingerprint density at radius 1 is 0.833 bits per heavy atom. The first kappa shape index (κ1) is 34.1. The van der Waals surface area contributed by atoms with E-state index in [0.29, 0.717) is 11.3 Å². The number of likely N-dealkylation sites (tertiary alicyclic amines) is 2. The summed E-state index contributed by atoms with van der Waals surface area (Å²) in [4.78, 5) is 27.7. The number of rotatable bonds is 9. The maximum atomic E-state index is 13.0. The fourth-order valence-corrected chi connectivity index (χ4v) is 6.94. The molecule has 3 heterocycles. The average molecular weight is 666 g/mol. The predicted octanol–water partition coefficient (Wildman–Crippen LogP) is 6.05. The Labute approximate surface area is 278 Å². The first-order chi connectivity index (χ1) is 23.2. The van der Waals surface area contributed by atoms with Gasteiger partial charge in [-0.25, -0.2) is 0 Å². The molecule has 0 aromatic heterocycles. The molecular weight excluding hydrogens is 623 g/mol. The van der Waals surface area contributed by atoms with E-state index in [1.54, 1.807) is 0 Å². The lowest BCUT2D eigenvalue weighted by molar-refractivity contribution is -0.253. The second kappa shape index (κ2) is 15.2. The van der Waals surface area contributed by atoms with Crippen LogP contribution >= 0.6 is 0 Å². The zero-order valence-electron chi connectivity index (χ0n) is 26.8. The molecule has 6 rings (SSSR count). The molecule has 256 valence electrons. The SMILES string of the molecule is O=C(NCc1cccc(-c2cccc(C3OC(CN4CCCCC4)CC(c4ccc(CO)cc4)O3)c2)c1)C1CCCN1C(=O)C(F)(F)F. The summed E-state index contributed by atoms with van der Waals surface area (Å²) in [6.45, 7) is 2.97. The Kier molecular flexibility index (Phi) is 10.8. The van der Waals surface area contributed by atoms with Gasteiger partial charge in [0.15, 0.2) is 6.29 Å². The number of benzene rings is 3. The highest BCUT2D eigenvalue weighted by Gasteiger charge is 2.47. The number of halogens is 3. The van der Waals surface area contributed by atoms with E-state index in [9.17, 15) is 27.9 Å². The van der Waals surface area contributed by atoms with Gasteiger partial charge in [0.2, 0.25) is 5.91 Å². The average Bonchev–Trinajstić information content (AvgIpc) is 3.60. The van der Waals surface area contributed by atoms with Crippen molar-refractivity contribution in [3.63, 3.8) is 0 Å². The van der Waals surface area contributed by atoms with Crippen LogP contribution in [0.1, 0.15) is 73.2 Å². The van der Waals surface area contributed by atoms with E-state index >= 15 is 0 Å². The van der Waals surface area contributed by atoms with Gasteiger partial charge in [0.1, 0.15) is 6.04 Å². The fourth-order valence-electron chi connectivity index (χ4n) is 6.94. The number of hydrogen-bond acceptors (Lipinski definition) is 6. The van der Waals surface area contributed by atoms with E-state index in [2.05, 4.69) is 10.2 Å². The molecule has 8 nitrogen and oxygen atoms in total. The second-order valence-corrected chi connectivity index (χ2v) is 12.9.